The van der Waals surface area contributed by atoms with Gasteiger partial charge in [0, 0.05) is 5.69 Å². The molecule has 0 aromatic heterocycles. The number of anilines is 1. The lowest BCUT2D eigenvalue weighted by Crippen LogP contribution is -2.06. The van der Waals surface area contributed by atoms with Crippen LogP contribution in [0, 0.1) is 0 Å². The predicted octanol–water partition coefficient (Wildman–Crippen LogP) is 4.52. The zero-order chi connectivity index (χ0) is 14.8. The van der Waals surface area contributed by atoms with E-state index in [0.717, 1.165) is 12.1 Å². The van der Waals surface area contributed by atoms with Gasteiger partial charge in [-0.3, -0.25) is 0 Å². The van der Waals surface area contributed by atoms with Gasteiger partial charge in [0.25, 0.3) is 0 Å². The van der Waals surface area contributed by atoms with Crippen LogP contribution in [0.2, 0.25) is 5.02 Å². The molecule has 0 spiro atoms. The molecule has 106 valence electrons. The number of nitrogens with two attached hydrogens (primary N) is 1. The van der Waals surface area contributed by atoms with E-state index in [1.165, 1.54) is 12.1 Å². The number of rotatable bonds is 3. The summed E-state index contributed by atoms with van der Waals surface area (Å²) in [5.41, 5.74) is 5.73. The van der Waals surface area contributed by atoms with E-state index in [1.54, 1.807) is 18.2 Å². The molecule has 0 fully saturated rings. The Kier molecular flexibility index (Phi) is 4.09. The Morgan fingerprint density at radius 3 is 2.50 bits per heavy atom. The molecule has 6 heteroatoms. The van der Waals surface area contributed by atoms with E-state index in [-0.39, 0.29) is 6.61 Å². The highest BCUT2D eigenvalue weighted by Gasteiger charge is 2.30. The summed E-state index contributed by atoms with van der Waals surface area (Å²) in [7, 11) is 0. The average molecular weight is 302 g/mol. The van der Waals surface area contributed by atoms with Crippen molar-refractivity contribution < 1.29 is 17.9 Å². The molecule has 2 rings (SSSR count). The number of alkyl halides is 3. The summed E-state index contributed by atoms with van der Waals surface area (Å²) < 4.78 is 43.1. The lowest BCUT2D eigenvalue weighted by molar-refractivity contribution is -0.137. The van der Waals surface area contributed by atoms with Gasteiger partial charge >= 0.3 is 6.18 Å². The maximum atomic E-state index is 12.6. The maximum Gasteiger partial charge on any atom is 0.416 e. The lowest BCUT2D eigenvalue weighted by atomic mass is 10.1. The van der Waals surface area contributed by atoms with Crippen molar-refractivity contribution >= 4 is 17.3 Å². The SMILES string of the molecule is Nc1ccc(OCc2cccc(C(F)(F)F)c2)c(Cl)c1. The Bertz CT molecular complexity index is 614. The Labute approximate surface area is 118 Å². The predicted molar refractivity (Wildman–Crippen MR) is 71.6 cm³/mol. The van der Waals surface area contributed by atoms with Crippen molar-refractivity contribution in [1.82, 2.24) is 0 Å². The number of benzene rings is 2. The summed E-state index contributed by atoms with van der Waals surface area (Å²) in [5, 5.41) is 0.317. The first-order valence-electron chi connectivity index (χ1n) is 5.70. The van der Waals surface area contributed by atoms with Crippen molar-refractivity contribution in [2.45, 2.75) is 12.8 Å². The average Bonchev–Trinajstić information content (AvgIpc) is 2.37. The van der Waals surface area contributed by atoms with Crippen LogP contribution in [-0.4, -0.2) is 0 Å². The van der Waals surface area contributed by atoms with Crippen LogP contribution in [0.5, 0.6) is 5.75 Å². The van der Waals surface area contributed by atoms with Crippen LogP contribution in [0.3, 0.4) is 0 Å². The Balaban J connectivity index is 2.11. The highest BCUT2D eigenvalue weighted by molar-refractivity contribution is 6.32. The van der Waals surface area contributed by atoms with Crippen LogP contribution in [0.4, 0.5) is 18.9 Å². The van der Waals surface area contributed by atoms with E-state index in [9.17, 15) is 13.2 Å². The summed E-state index contributed by atoms with van der Waals surface area (Å²) >= 11 is 5.91. The molecule has 2 N–H and O–H groups in total. The lowest BCUT2D eigenvalue weighted by Gasteiger charge is -2.11. The Morgan fingerprint density at radius 2 is 1.85 bits per heavy atom. The summed E-state index contributed by atoms with van der Waals surface area (Å²) in [5.74, 6) is 0.373. The molecule has 0 atom stereocenters. The number of hydrogen-bond acceptors (Lipinski definition) is 2. The molecule has 0 bridgehead atoms. The minimum atomic E-state index is -4.37. The molecule has 0 saturated heterocycles. The number of halogens is 4. The first kappa shape index (κ1) is 14.5. The van der Waals surface area contributed by atoms with Gasteiger partial charge in [0.05, 0.1) is 10.6 Å². The normalized spacial score (nSPS) is 11.4. The van der Waals surface area contributed by atoms with Gasteiger partial charge in [-0.25, -0.2) is 0 Å². The van der Waals surface area contributed by atoms with Gasteiger partial charge in [-0.15, -0.1) is 0 Å². The van der Waals surface area contributed by atoms with Crippen molar-refractivity contribution in [3.63, 3.8) is 0 Å². The third-order valence-electron chi connectivity index (χ3n) is 2.60. The molecule has 2 aromatic carbocycles. The fraction of sp³-hybridized carbons (Fsp3) is 0.143. The Morgan fingerprint density at radius 1 is 1.10 bits per heavy atom. The topological polar surface area (TPSA) is 35.2 Å². The van der Waals surface area contributed by atoms with E-state index in [2.05, 4.69) is 0 Å². The van der Waals surface area contributed by atoms with Crippen LogP contribution in [0.1, 0.15) is 11.1 Å². The molecule has 0 heterocycles. The minimum Gasteiger partial charge on any atom is -0.487 e. The van der Waals surface area contributed by atoms with Gasteiger partial charge < -0.3 is 10.5 Å². The standard InChI is InChI=1S/C14H11ClF3NO/c15-12-7-11(19)4-5-13(12)20-8-9-2-1-3-10(6-9)14(16,17)18/h1-7H,8,19H2. The molecule has 2 nitrogen and oxygen atoms in total. The minimum absolute atomic E-state index is 0.00639. The third-order valence-corrected chi connectivity index (χ3v) is 2.90. The highest BCUT2D eigenvalue weighted by Crippen LogP contribution is 2.30. The first-order valence-corrected chi connectivity index (χ1v) is 6.08. The summed E-state index contributed by atoms with van der Waals surface area (Å²) in [6.45, 7) is -0.00639. The molecule has 0 amide bonds. The smallest absolute Gasteiger partial charge is 0.416 e. The second-order valence-electron chi connectivity index (χ2n) is 4.18. The zero-order valence-electron chi connectivity index (χ0n) is 10.2. The van der Waals surface area contributed by atoms with Crippen molar-refractivity contribution in [2.75, 3.05) is 5.73 Å². The van der Waals surface area contributed by atoms with Crippen LogP contribution < -0.4 is 10.5 Å². The van der Waals surface area contributed by atoms with E-state index in [1.807, 2.05) is 0 Å². The van der Waals surface area contributed by atoms with E-state index in [0.29, 0.717) is 22.0 Å². The van der Waals surface area contributed by atoms with Gasteiger partial charge in [0.1, 0.15) is 12.4 Å². The molecular formula is C14H11ClF3NO. The van der Waals surface area contributed by atoms with Crippen LogP contribution in [0.25, 0.3) is 0 Å². The second kappa shape index (κ2) is 5.63. The number of hydrogen-bond donors (Lipinski definition) is 1. The number of ether oxygens (including phenoxy) is 1. The van der Waals surface area contributed by atoms with Gasteiger partial charge in [0.2, 0.25) is 0 Å². The van der Waals surface area contributed by atoms with Crippen molar-refractivity contribution in [3.05, 3.63) is 58.6 Å². The Hall–Kier alpha value is -1.88. The molecule has 0 aliphatic rings. The number of nitrogen functional groups attached to an aromatic ring is 1. The van der Waals surface area contributed by atoms with Crippen molar-refractivity contribution in [1.29, 1.82) is 0 Å². The largest absolute Gasteiger partial charge is 0.487 e. The fourth-order valence-corrected chi connectivity index (χ4v) is 1.88. The molecule has 0 radical (unpaired) electrons. The third kappa shape index (κ3) is 3.57. The first-order chi connectivity index (χ1) is 9.36. The fourth-order valence-electron chi connectivity index (χ4n) is 1.63. The van der Waals surface area contributed by atoms with E-state index < -0.39 is 11.7 Å². The monoisotopic (exact) mass is 301 g/mol. The van der Waals surface area contributed by atoms with Crippen molar-refractivity contribution in [3.8, 4) is 5.75 Å². The summed E-state index contributed by atoms with van der Waals surface area (Å²) in [4.78, 5) is 0. The van der Waals surface area contributed by atoms with Crippen molar-refractivity contribution in [2.24, 2.45) is 0 Å². The molecule has 0 unspecified atom stereocenters. The van der Waals surface area contributed by atoms with Crippen LogP contribution in [0.15, 0.2) is 42.5 Å². The molecule has 2 aromatic rings. The van der Waals surface area contributed by atoms with Gasteiger partial charge in [0.15, 0.2) is 0 Å². The van der Waals surface area contributed by atoms with Gasteiger partial charge in [-0.2, -0.15) is 13.2 Å². The second-order valence-corrected chi connectivity index (χ2v) is 4.58. The molecule has 0 aliphatic heterocycles. The van der Waals surface area contributed by atoms with Crippen LogP contribution in [-0.2, 0) is 12.8 Å². The van der Waals surface area contributed by atoms with E-state index >= 15 is 0 Å². The van der Waals surface area contributed by atoms with E-state index in [4.69, 9.17) is 22.1 Å². The quantitative estimate of drug-likeness (QED) is 0.846. The molecule has 0 saturated carbocycles. The highest BCUT2D eigenvalue weighted by atomic mass is 35.5. The molecule has 20 heavy (non-hydrogen) atoms. The molecule has 0 aliphatic carbocycles. The summed E-state index contributed by atoms with van der Waals surface area (Å²) in [6, 6.07) is 9.65. The maximum absolute atomic E-state index is 12.6. The zero-order valence-corrected chi connectivity index (χ0v) is 11.0. The van der Waals surface area contributed by atoms with Gasteiger partial charge in [-0.1, -0.05) is 23.7 Å². The molecular weight excluding hydrogens is 291 g/mol. The van der Waals surface area contributed by atoms with Gasteiger partial charge in [-0.05, 0) is 35.9 Å². The van der Waals surface area contributed by atoms with Crippen LogP contribution >= 0.6 is 11.6 Å². The summed E-state index contributed by atoms with van der Waals surface area (Å²) in [6.07, 6.45) is -4.37.